The number of furan rings is 1. The predicted octanol–water partition coefficient (Wildman–Crippen LogP) is 2.93. The molecule has 0 spiro atoms. The fourth-order valence-electron chi connectivity index (χ4n) is 1.72. The first-order valence-electron chi connectivity index (χ1n) is 5.64. The lowest BCUT2D eigenvalue weighted by molar-refractivity contribution is 0.0658. The van der Waals surface area contributed by atoms with Crippen molar-refractivity contribution in [1.82, 2.24) is 0 Å². The number of fused-ring (bicyclic) bond motifs is 1. The van der Waals surface area contributed by atoms with E-state index in [2.05, 4.69) is 0 Å². The number of carboxylic acid groups (broad SMARTS) is 1. The Morgan fingerprint density at radius 2 is 2.22 bits per heavy atom. The van der Waals surface area contributed by atoms with Crippen LogP contribution in [0.25, 0.3) is 11.0 Å². The van der Waals surface area contributed by atoms with Crippen LogP contribution >= 0.6 is 0 Å². The van der Waals surface area contributed by atoms with Crippen molar-refractivity contribution in [2.75, 3.05) is 13.7 Å². The van der Waals surface area contributed by atoms with Gasteiger partial charge in [0.25, 0.3) is 5.76 Å². The first-order chi connectivity index (χ1) is 8.69. The second-order valence-electron chi connectivity index (χ2n) is 3.75. The first-order valence-corrected chi connectivity index (χ1v) is 5.64. The van der Waals surface area contributed by atoms with Gasteiger partial charge in [0.1, 0.15) is 0 Å². The van der Waals surface area contributed by atoms with Crippen molar-refractivity contribution in [2.45, 2.75) is 13.3 Å². The minimum atomic E-state index is -1.15. The number of carboxylic acids is 1. The van der Waals surface area contributed by atoms with Crippen molar-refractivity contribution in [3.8, 4) is 11.5 Å². The van der Waals surface area contributed by atoms with Crippen molar-refractivity contribution in [3.63, 3.8) is 0 Å². The fourth-order valence-corrected chi connectivity index (χ4v) is 1.72. The molecule has 0 aliphatic carbocycles. The number of aromatic carboxylic acids is 1. The largest absolute Gasteiger partial charge is 0.493 e. The number of carbonyl (C=O) groups is 1. The Bertz CT molecular complexity index is 570. The van der Waals surface area contributed by atoms with Crippen LogP contribution in [0.5, 0.6) is 11.5 Å². The van der Waals surface area contributed by atoms with Gasteiger partial charge in [-0.3, -0.25) is 0 Å². The molecule has 0 saturated carbocycles. The van der Waals surface area contributed by atoms with Gasteiger partial charge in [0.05, 0.1) is 19.1 Å². The van der Waals surface area contributed by atoms with E-state index in [9.17, 15) is 4.79 Å². The molecule has 1 aromatic heterocycles. The Hall–Kier alpha value is -2.17. The molecule has 0 aliphatic heterocycles. The summed E-state index contributed by atoms with van der Waals surface area (Å²) in [4.78, 5) is 11.1. The molecule has 2 rings (SSSR count). The predicted molar refractivity (Wildman–Crippen MR) is 65.5 cm³/mol. The molecule has 0 radical (unpaired) electrons. The van der Waals surface area contributed by atoms with E-state index in [0.29, 0.717) is 23.3 Å². The van der Waals surface area contributed by atoms with Gasteiger partial charge in [-0.05, 0) is 18.6 Å². The Kier molecular flexibility index (Phi) is 3.41. The maximum absolute atomic E-state index is 11.1. The number of hydrogen-bond donors (Lipinski definition) is 1. The summed E-state index contributed by atoms with van der Waals surface area (Å²) in [6.45, 7) is 2.38. The molecular weight excluding hydrogens is 236 g/mol. The highest BCUT2D eigenvalue weighted by Crippen LogP contribution is 2.38. The van der Waals surface area contributed by atoms with Gasteiger partial charge in [-0.2, -0.15) is 0 Å². The standard InChI is InChI=1S/C13H14O5/c1-3-7-17-11-8-5-4-6-9(16-2)10(8)18-12(11)13(14)15/h4-6H,3,7H2,1-2H3,(H,14,15). The van der Waals surface area contributed by atoms with Crippen molar-refractivity contribution >= 4 is 16.9 Å². The van der Waals surface area contributed by atoms with Crippen LogP contribution in [0, 0.1) is 0 Å². The van der Waals surface area contributed by atoms with Crippen molar-refractivity contribution < 1.29 is 23.8 Å². The minimum absolute atomic E-state index is 0.192. The van der Waals surface area contributed by atoms with E-state index in [1.165, 1.54) is 7.11 Å². The average molecular weight is 250 g/mol. The summed E-state index contributed by atoms with van der Waals surface area (Å²) in [6.07, 6.45) is 0.787. The maximum Gasteiger partial charge on any atom is 0.375 e. The summed E-state index contributed by atoms with van der Waals surface area (Å²) in [5, 5.41) is 9.73. The van der Waals surface area contributed by atoms with Crippen molar-refractivity contribution in [1.29, 1.82) is 0 Å². The molecule has 0 atom stereocenters. The molecule has 0 bridgehead atoms. The van der Waals surface area contributed by atoms with E-state index in [1.807, 2.05) is 6.92 Å². The molecule has 2 aromatic rings. The molecule has 1 heterocycles. The van der Waals surface area contributed by atoms with Crippen LogP contribution in [-0.2, 0) is 0 Å². The molecule has 5 heteroatoms. The third-order valence-corrected chi connectivity index (χ3v) is 2.50. The van der Waals surface area contributed by atoms with Crippen molar-refractivity contribution in [3.05, 3.63) is 24.0 Å². The van der Waals surface area contributed by atoms with E-state index in [0.717, 1.165) is 6.42 Å². The Labute approximate surface area is 104 Å². The molecule has 1 N–H and O–H groups in total. The molecule has 96 valence electrons. The number of ether oxygens (including phenoxy) is 2. The molecule has 0 saturated heterocycles. The number of hydrogen-bond acceptors (Lipinski definition) is 4. The average Bonchev–Trinajstić information content (AvgIpc) is 2.75. The normalized spacial score (nSPS) is 10.6. The summed E-state index contributed by atoms with van der Waals surface area (Å²) in [7, 11) is 1.50. The third kappa shape index (κ3) is 1.99. The molecule has 0 fully saturated rings. The molecule has 0 aliphatic rings. The van der Waals surface area contributed by atoms with Gasteiger partial charge in [0.15, 0.2) is 17.1 Å². The Morgan fingerprint density at radius 3 is 2.83 bits per heavy atom. The van der Waals surface area contributed by atoms with E-state index < -0.39 is 5.97 Å². The highest BCUT2D eigenvalue weighted by molar-refractivity contribution is 5.99. The molecule has 0 unspecified atom stereocenters. The lowest BCUT2D eigenvalue weighted by atomic mass is 10.2. The Balaban J connectivity index is 2.63. The zero-order valence-corrected chi connectivity index (χ0v) is 10.2. The van der Waals surface area contributed by atoms with Gasteiger partial charge < -0.3 is 19.0 Å². The zero-order valence-electron chi connectivity index (χ0n) is 10.2. The fraction of sp³-hybridized carbons (Fsp3) is 0.308. The molecular formula is C13H14O5. The van der Waals surface area contributed by atoms with Gasteiger partial charge in [0.2, 0.25) is 0 Å². The summed E-state index contributed by atoms with van der Waals surface area (Å²) in [6, 6.07) is 5.22. The first kappa shape index (κ1) is 12.3. The van der Waals surface area contributed by atoms with Crippen LogP contribution < -0.4 is 9.47 Å². The Morgan fingerprint density at radius 1 is 1.44 bits per heavy atom. The second kappa shape index (κ2) is 5.00. The smallest absolute Gasteiger partial charge is 0.375 e. The molecule has 1 aromatic carbocycles. The number of methoxy groups -OCH3 is 1. The highest BCUT2D eigenvalue weighted by Gasteiger charge is 2.23. The van der Waals surface area contributed by atoms with Gasteiger partial charge in [0, 0.05) is 0 Å². The summed E-state index contributed by atoms with van der Waals surface area (Å²) in [5.74, 6) is -0.595. The minimum Gasteiger partial charge on any atom is -0.493 e. The second-order valence-corrected chi connectivity index (χ2v) is 3.75. The lowest BCUT2D eigenvalue weighted by Crippen LogP contribution is -2.01. The quantitative estimate of drug-likeness (QED) is 0.883. The van der Waals surface area contributed by atoms with E-state index in [4.69, 9.17) is 19.0 Å². The molecule has 5 nitrogen and oxygen atoms in total. The van der Waals surface area contributed by atoms with Crippen LogP contribution in [0.15, 0.2) is 22.6 Å². The number of para-hydroxylation sites is 1. The number of benzene rings is 1. The molecule has 18 heavy (non-hydrogen) atoms. The van der Waals surface area contributed by atoms with Gasteiger partial charge in [-0.25, -0.2) is 4.79 Å². The third-order valence-electron chi connectivity index (χ3n) is 2.50. The monoisotopic (exact) mass is 250 g/mol. The van der Waals surface area contributed by atoms with Gasteiger partial charge >= 0.3 is 5.97 Å². The van der Waals surface area contributed by atoms with Gasteiger partial charge in [-0.15, -0.1) is 0 Å². The topological polar surface area (TPSA) is 68.9 Å². The zero-order chi connectivity index (χ0) is 13.1. The van der Waals surface area contributed by atoms with Crippen LogP contribution in [0.2, 0.25) is 0 Å². The van der Waals surface area contributed by atoms with Gasteiger partial charge in [-0.1, -0.05) is 13.0 Å². The highest BCUT2D eigenvalue weighted by atomic mass is 16.5. The molecule has 0 amide bonds. The van der Waals surface area contributed by atoms with E-state index in [1.54, 1.807) is 18.2 Å². The summed E-state index contributed by atoms with van der Waals surface area (Å²) >= 11 is 0. The lowest BCUT2D eigenvalue weighted by Gasteiger charge is -2.03. The van der Waals surface area contributed by atoms with Crippen LogP contribution in [-0.4, -0.2) is 24.8 Å². The summed E-state index contributed by atoms with van der Waals surface area (Å²) in [5.41, 5.74) is 0.392. The maximum atomic E-state index is 11.1. The van der Waals surface area contributed by atoms with Crippen LogP contribution in [0.3, 0.4) is 0 Å². The van der Waals surface area contributed by atoms with E-state index >= 15 is 0 Å². The number of rotatable bonds is 5. The summed E-state index contributed by atoms with van der Waals surface area (Å²) < 4.78 is 15.9. The van der Waals surface area contributed by atoms with Crippen LogP contribution in [0.1, 0.15) is 23.9 Å². The van der Waals surface area contributed by atoms with Crippen LogP contribution in [0.4, 0.5) is 0 Å². The SMILES string of the molecule is CCCOc1c(C(=O)O)oc2c(OC)cccc12. The van der Waals surface area contributed by atoms with E-state index in [-0.39, 0.29) is 11.5 Å². The van der Waals surface area contributed by atoms with Crippen molar-refractivity contribution in [2.24, 2.45) is 0 Å².